The molecule has 1 atom stereocenters. The fraction of sp³-hybridized carbons (Fsp3) is 0.167. The number of carbonyl (C=O) groups excluding carboxylic acids is 1. The second kappa shape index (κ2) is 5.60. The number of aromatic nitrogens is 2. The van der Waals surface area contributed by atoms with Gasteiger partial charge in [-0.3, -0.25) is 4.79 Å². The molecule has 0 saturated heterocycles. The van der Waals surface area contributed by atoms with E-state index in [4.69, 9.17) is 23.2 Å². The highest BCUT2D eigenvalue weighted by Gasteiger charge is 2.24. The number of nitrogens with zero attached hydrogens (tertiary/aromatic N) is 3. The smallest absolute Gasteiger partial charge is 0.358 e. The molecule has 0 spiro atoms. The van der Waals surface area contributed by atoms with E-state index in [-0.39, 0.29) is 16.6 Å². The summed E-state index contributed by atoms with van der Waals surface area (Å²) in [6.45, 7) is 1.59. The van der Waals surface area contributed by atoms with Crippen LogP contribution in [0.5, 0.6) is 0 Å². The molecule has 2 aromatic rings. The Hall–Kier alpha value is -1.92. The van der Waals surface area contributed by atoms with E-state index in [0.29, 0.717) is 10.6 Å². The van der Waals surface area contributed by atoms with Crippen LogP contribution in [0.1, 0.15) is 23.3 Å². The minimum absolute atomic E-state index is 0.232. The summed E-state index contributed by atoms with van der Waals surface area (Å²) >= 11 is 11.7. The maximum absolute atomic E-state index is 12.3. The van der Waals surface area contributed by atoms with Crippen molar-refractivity contribution in [3.63, 3.8) is 0 Å². The van der Waals surface area contributed by atoms with Gasteiger partial charge >= 0.3 is 5.82 Å². The minimum Gasteiger partial charge on any atom is -0.358 e. The lowest BCUT2D eigenvalue weighted by atomic mass is 10.1. The second-order valence-corrected chi connectivity index (χ2v) is 4.92. The zero-order valence-electron chi connectivity index (χ0n) is 10.3. The summed E-state index contributed by atoms with van der Waals surface area (Å²) in [5.74, 6) is -0.614. The third kappa shape index (κ3) is 2.81. The van der Waals surface area contributed by atoms with Crippen LogP contribution in [0, 0.1) is 10.1 Å². The topological polar surface area (TPSA) is 78.0 Å². The molecular weight excluding hydrogens is 305 g/mol. The zero-order valence-corrected chi connectivity index (χ0v) is 11.8. The first-order chi connectivity index (χ1) is 9.40. The Morgan fingerprint density at radius 2 is 2.10 bits per heavy atom. The van der Waals surface area contributed by atoms with Gasteiger partial charge in [0.2, 0.25) is 0 Å². The molecule has 2 rings (SSSR count). The summed E-state index contributed by atoms with van der Waals surface area (Å²) in [4.78, 5) is 22.3. The number of rotatable bonds is 4. The van der Waals surface area contributed by atoms with Gasteiger partial charge in [0.05, 0.1) is 22.4 Å². The van der Waals surface area contributed by atoms with Crippen LogP contribution in [0.15, 0.2) is 30.5 Å². The molecule has 0 radical (unpaired) electrons. The van der Waals surface area contributed by atoms with Crippen LogP contribution in [0.3, 0.4) is 0 Å². The van der Waals surface area contributed by atoms with Gasteiger partial charge in [-0.15, -0.1) is 0 Å². The van der Waals surface area contributed by atoms with Crippen LogP contribution in [-0.2, 0) is 0 Å². The lowest BCUT2D eigenvalue weighted by Gasteiger charge is -2.09. The third-order valence-electron chi connectivity index (χ3n) is 2.75. The van der Waals surface area contributed by atoms with Crippen LogP contribution < -0.4 is 0 Å². The Bertz CT molecular complexity index is 684. The molecule has 0 aliphatic rings. The molecular formula is C12H9Cl2N3O3. The first-order valence-corrected chi connectivity index (χ1v) is 6.34. The summed E-state index contributed by atoms with van der Waals surface area (Å²) in [5.41, 5.74) is 0.293. The van der Waals surface area contributed by atoms with Crippen molar-refractivity contribution in [3.05, 3.63) is 56.2 Å². The monoisotopic (exact) mass is 313 g/mol. The lowest BCUT2D eigenvalue weighted by molar-refractivity contribution is -0.389. The summed E-state index contributed by atoms with van der Waals surface area (Å²) in [6, 6.07) is 5.06. The average Bonchev–Trinajstić information content (AvgIpc) is 2.87. The maximum Gasteiger partial charge on any atom is 0.389 e. The van der Waals surface area contributed by atoms with Crippen molar-refractivity contribution >= 4 is 34.8 Å². The van der Waals surface area contributed by atoms with E-state index in [0.717, 1.165) is 0 Å². The van der Waals surface area contributed by atoms with E-state index in [9.17, 15) is 14.9 Å². The van der Waals surface area contributed by atoms with E-state index >= 15 is 0 Å². The molecule has 0 N–H and O–H groups in total. The first kappa shape index (κ1) is 14.5. The molecule has 0 saturated carbocycles. The van der Waals surface area contributed by atoms with E-state index in [2.05, 4.69) is 5.10 Å². The summed E-state index contributed by atoms with van der Waals surface area (Å²) in [6.07, 6.45) is 1.38. The van der Waals surface area contributed by atoms with Crippen molar-refractivity contribution < 1.29 is 9.72 Å². The fourth-order valence-corrected chi connectivity index (χ4v) is 2.18. The summed E-state index contributed by atoms with van der Waals surface area (Å²) < 4.78 is 1.23. The molecule has 1 unspecified atom stereocenters. The van der Waals surface area contributed by atoms with E-state index in [1.54, 1.807) is 13.0 Å². The zero-order chi connectivity index (χ0) is 14.9. The van der Waals surface area contributed by atoms with Crippen molar-refractivity contribution in [2.24, 2.45) is 0 Å². The number of benzene rings is 1. The Labute approximate surface area is 124 Å². The van der Waals surface area contributed by atoms with Gasteiger partial charge in [-0.05, 0) is 30.0 Å². The molecule has 104 valence electrons. The Balaban J connectivity index is 2.29. The van der Waals surface area contributed by atoms with Gasteiger partial charge in [0, 0.05) is 10.6 Å². The van der Waals surface area contributed by atoms with Crippen molar-refractivity contribution in [1.29, 1.82) is 0 Å². The van der Waals surface area contributed by atoms with Crippen molar-refractivity contribution in [1.82, 2.24) is 9.78 Å². The molecule has 1 aromatic heterocycles. The molecule has 0 aliphatic carbocycles. The van der Waals surface area contributed by atoms with Gasteiger partial charge in [-0.25, -0.2) is 0 Å². The van der Waals surface area contributed by atoms with Crippen molar-refractivity contribution in [3.8, 4) is 0 Å². The van der Waals surface area contributed by atoms with Gasteiger partial charge in [0.1, 0.15) is 6.04 Å². The molecule has 20 heavy (non-hydrogen) atoms. The molecule has 0 bridgehead atoms. The standard InChI is InChI=1S/C12H9Cl2N3O3/c1-7(16-5-4-11(15-16)17(19)20)12(18)9-3-2-8(13)6-10(9)14/h2-7H,1H3. The molecule has 0 amide bonds. The Kier molecular flexibility index (Phi) is 4.06. The van der Waals surface area contributed by atoms with E-state index < -0.39 is 11.0 Å². The van der Waals surface area contributed by atoms with Gasteiger partial charge in [-0.1, -0.05) is 23.2 Å². The quantitative estimate of drug-likeness (QED) is 0.491. The van der Waals surface area contributed by atoms with Gasteiger partial charge < -0.3 is 10.1 Å². The maximum atomic E-state index is 12.3. The fourth-order valence-electron chi connectivity index (χ4n) is 1.68. The lowest BCUT2D eigenvalue weighted by Crippen LogP contribution is -2.17. The SMILES string of the molecule is CC(C(=O)c1ccc(Cl)cc1Cl)n1ccc([N+](=O)[O-])n1. The van der Waals surface area contributed by atoms with Crippen LogP contribution in [0.25, 0.3) is 0 Å². The highest BCUT2D eigenvalue weighted by atomic mass is 35.5. The van der Waals surface area contributed by atoms with E-state index in [1.165, 1.54) is 29.1 Å². The number of halogens is 2. The number of Topliss-reactive ketones (excluding diaryl/α,β-unsaturated/α-hetero) is 1. The largest absolute Gasteiger partial charge is 0.389 e. The number of nitro groups is 1. The molecule has 0 aliphatic heterocycles. The first-order valence-electron chi connectivity index (χ1n) is 5.59. The van der Waals surface area contributed by atoms with Gasteiger partial charge in [0.25, 0.3) is 0 Å². The van der Waals surface area contributed by atoms with Crippen molar-refractivity contribution in [2.45, 2.75) is 13.0 Å². The number of carbonyl (C=O) groups is 1. The summed E-state index contributed by atoms with van der Waals surface area (Å²) in [5, 5.41) is 15.0. The number of hydrogen-bond donors (Lipinski definition) is 0. The van der Waals surface area contributed by atoms with Crippen LogP contribution in [-0.4, -0.2) is 20.5 Å². The average molecular weight is 314 g/mol. The minimum atomic E-state index is -0.706. The van der Waals surface area contributed by atoms with Gasteiger partial charge in [0.15, 0.2) is 5.78 Å². The highest BCUT2D eigenvalue weighted by molar-refractivity contribution is 6.36. The van der Waals surface area contributed by atoms with Crippen LogP contribution in [0.2, 0.25) is 10.0 Å². The molecule has 8 heteroatoms. The normalized spacial score (nSPS) is 12.2. The predicted octanol–water partition coefficient (Wildman–Crippen LogP) is 3.54. The second-order valence-electron chi connectivity index (χ2n) is 4.08. The Morgan fingerprint density at radius 3 is 2.65 bits per heavy atom. The molecule has 1 aromatic carbocycles. The Morgan fingerprint density at radius 1 is 1.40 bits per heavy atom. The third-order valence-corrected chi connectivity index (χ3v) is 3.30. The van der Waals surface area contributed by atoms with Crippen LogP contribution >= 0.6 is 23.2 Å². The van der Waals surface area contributed by atoms with Crippen LogP contribution in [0.4, 0.5) is 5.82 Å². The molecule has 6 nitrogen and oxygen atoms in total. The molecule has 0 fully saturated rings. The van der Waals surface area contributed by atoms with E-state index in [1.807, 2.05) is 0 Å². The number of ketones is 1. The van der Waals surface area contributed by atoms with Gasteiger partial charge in [-0.2, -0.15) is 4.68 Å². The molecule has 1 heterocycles. The highest BCUT2D eigenvalue weighted by Crippen LogP contribution is 2.25. The van der Waals surface area contributed by atoms with Crippen molar-refractivity contribution in [2.75, 3.05) is 0 Å². The summed E-state index contributed by atoms with van der Waals surface area (Å²) in [7, 11) is 0. The number of hydrogen-bond acceptors (Lipinski definition) is 4. The predicted molar refractivity (Wildman–Crippen MR) is 74.4 cm³/mol.